The molecule has 78 valence electrons. The third-order valence-corrected chi connectivity index (χ3v) is 2.35. The number of aromatic nitrogens is 4. The first-order valence-electron chi connectivity index (χ1n) is 4.91. The fourth-order valence-electron chi connectivity index (χ4n) is 1.39. The average Bonchev–Trinajstić information content (AvgIpc) is 2.69. The van der Waals surface area contributed by atoms with Crippen molar-refractivity contribution in [3.8, 4) is 5.69 Å². The molecule has 0 fully saturated rings. The van der Waals surface area contributed by atoms with E-state index in [0.29, 0.717) is 0 Å². The summed E-state index contributed by atoms with van der Waals surface area (Å²) in [4.78, 5) is 0. The zero-order valence-corrected chi connectivity index (χ0v) is 9.18. The molecule has 4 heteroatoms. The maximum atomic E-state index is 3.83. The van der Waals surface area contributed by atoms with Crippen molar-refractivity contribution < 1.29 is 0 Å². The van der Waals surface area contributed by atoms with Crippen LogP contribution < -0.4 is 0 Å². The highest BCUT2D eigenvalue weighted by molar-refractivity contribution is 5.35. The largest absolute Gasteiger partial charge is 0.201 e. The summed E-state index contributed by atoms with van der Waals surface area (Å²) >= 11 is 0. The summed E-state index contributed by atoms with van der Waals surface area (Å²) in [6.07, 6.45) is 1.59. The van der Waals surface area contributed by atoms with Crippen molar-refractivity contribution in [3.05, 3.63) is 36.2 Å². The minimum absolute atomic E-state index is 0.180. The number of benzene rings is 1. The molecule has 0 atom stereocenters. The molecule has 0 spiro atoms. The van der Waals surface area contributed by atoms with Gasteiger partial charge in [0.15, 0.2) is 0 Å². The minimum Gasteiger partial charge on any atom is -0.201 e. The van der Waals surface area contributed by atoms with Gasteiger partial charge in [0.2, 0.25) is 0 Å². The number of hydrogen-bond donors (Lipinski definition) is 0. The monoisotopic (exact) mass is 202 g/mol. The maximum absolute atomic E-state index is 3.83. The van der Waals surface area contributed by atoms with Crippen LogP contribution >= 0.6 is 0 Å². The van der Waals surface area contributed by atoms with Gasteiger partial charge in [0.05, 0.1) is 5.69 Å². The summed E-state index contributed by atoms with van der Waals surface area (Å²) in [5, 5.41) is 11.0. The molecule has 1 aromatic carbocycles. The third kappa shape index (κ3) is 2.03. The highest BCUT2D eigenvalue weighted by Gasteiger charge is 2.12. The first-order chi connectivity index (χ1) is 7.07. The van der Waals surface area contributed by atoms with Crippen LogP contribution in [0.1, 0.15) is 26.3 Å². The first-order valence-corrected chi connectivity index (χ1v) is 4.91. The number of tetrazole rings is 1. The fraction of sp³-hybridized carbons (Fsp3) is 0.364. The summed E-state index contributed by atoms with van der Waals surface area (Å²) < 4.78 is 1.65. The Bertz CT molecular complexity index is 423. The molecule has 0 amide bonds. The lowest BCUT2D eigenvalue weighted by atomic mass is 9.87. The van der Waals surface area contributed by atoms with Crippen molar-refractivity contribution in [1.29, 1.82) is 0 Å². The molecule has 1 aromatic heterocycles. The van der Waals surface area contributed by atoms with Crippen LogP contribution in [0.2, 0.25) is 0 Å². The SMILES string of the molecule is CC(C)(C)c1ccc(-n2cnnn2)cc1. The molecule has 0 bridgehead atoms. The van der Waals surface area contributed by atoms with Gasteiger partial charge in [-0.2, -0.15) is 0 Å². The molecule has 4 nitrogen and oxygen atoms in total. The van der Waals surface area contributed by atoms with Crippen LogP contribution in [0.4, 0.5) is 0 Å². The van der Waals surface area contributed by atoms with E-state index in [9.17, 15) is 0 Å². The molecule has 0 N–H and O–H groups in total. The second-order valence-electron chi connectivity index (χ2n) is 4.55. The van der Waals surface area contributed by atoms with Gasteiger partial charge in [0, 0.05) is 0 Å². The van der Waals surface area contributed by atoms with Crippen molar-refractivity contribution in [2.45, 2.75) is 26.2 Å². The lowest BCUT2D eigenvalue weighted by Crippen LogP contribution is -2.10. The van der Waals surface area contributed by atoms with Gasteiger partial charge in [-0.15, -0.1) is 5.10 Å². The number of hydrogen-bond acceptors (Lipinski definition) is 3. The van der Waals surface area contributed by atoms with Crippen LogP contribution in [0.3, 0.4) is 0 Å². The molecule has 1 heterocycles. The van der Waals surface area contributed by atoms with E-state index < -0.39 is 0 Å². The highest BCUT2D eigenvalue weighted by atomic mass is 15.5. The maximum Gasteiger partial charge on any atom is 0.143 e. The molecule has 0 aliphatic carbocycles. The van der Waals surface area contributed by atoms with Gasteiger partial charge in [-0.1, -0.05) is 32.9 Å². The van der Waals surface area contributed by atoms with Crippen LogP contribution in [-0.4, -0.2) is 20.2 Å². The topological polar surface area (TPSA) is 43.6 Å². The molecule has 2 rings (SSSR count). The molecule has 0 saturated carbocycles. The molecular weight excluding hydrogens is 188 g/mol. The smallest absolute Gasteiger partial charge is 0.143 e. The first kappa shape index (κ1) is 9.83. The van der Waals surface area contributed by atoms with Gasteiger partial charge >= 0.3 is 0 Å². The third-order valence-electron chi connectivity index (χ3n) is 2.35. The Hall–Kier alpha value is -1.71. The van der Waals surface area contributed by atoms with Crippen molar-refractivity contribution in [2.24, 2.45) is 0 Å². The van der Waals surface area contributed by atoms with Crippen molar-refractivity contribution in [1.82, 2.24) is 20.2 Å². The molecule has 0 radical (unpaired) electrons. The lowest BCUT2D eigenvalue weighted by molar-refractivity contribution is 0.590. The Morgan fingerprint density at radius 2 is 1.73 bits per heavy atom. The van der Waals surface area contributed by atoms with E-state index in [1.165, 1.54) is 5.56 Å². The second kappa shape index (κ2) is 3.46. The van der Waals surface area contributed by atoms with E-state index in [0.717, 1.165) is 5.69 Å². The van der Waals surface area contributed by atoms with Crippen molar-refractivity contribution in [2.75, 3.05) is 0 Å². The van der Waals surface area contributed by atoms with Gasteiger partial charge in [0.1, 0.15) is 6.33 Å². The zero-order valence-electron chi connectivity index (χ0n) is 9.18. The predicted octanol–water partition coefficient (Wildman–Crippen LogP) is 1.96. The van der Waals surface area contributed by atoms with E-state index in [1.807, 2.05) is 12.1 Å². The Labute approximate surface area is 88.9 Å². The van der Waals surface area contributed by atoms with E-state index in [2.05, 4.69) is 48.4 Å². The van der Waals surface area contributed by atoms with E-state index in [4.69, 9.17) is 0 Å². The van der Waals surface area contributed by atoms with Crippen LogP contribution in [0.5, 0.6) is 0 Å². The molecule has 0 saturated heterocycles. The summed E-state index contributed by atoms with van der Waals surface area (Å²) in [6.45, 7) is 6.58. The van der Waals surface area contributed by atoms with E-state index in [-0.39, 0.29) is 5.41 Å². The molecular formula is C11H14N4. The van der Waals surface area contributed by atoms with E-state index >= 15 is 0 Å². The predicted molar refractivity (Wildman–Crippen MR) is 57.9 cm³/mol. The van der Waals surface area contributed by atoms with Crippen LogP contribution in [0.25, 0.3) is 5.69 Å². The molecule has 15 heavy (non-hydrogen) atoms. The Balaban J connectivity index is 2.33. The quantitative estimate of drug-likeness (QED) is 0.710. The Morgan fingerprint density at radius 1 is 1.07 bits per heavy atom. The summed E-state index contributed by atoms with van der Waals surface area (Å²) in [7, 11) is 0. The van der Waals surface area contributed by atoms with Crippen LogP contribution in [0, 0.1) is 0 Å². The van der Waals surface area contributed by atoms with Crippen molar-refractivity contribution in [3.63, 3.8) is 0 Å². The Kier molecular flexibility index (Phi) is 2.26. The van der Waals surface area contributed by atoms with Gasteiger partial charge in [0.25, 0.3) is 0 Å². The van der Waals surface area contributed by atoms with Crippen LogP contribution in [-0.2, 0) is 5.41 Å². The Morgan fingerprint density at radius 3 is 2.20 bits per heavy atom. The summed E-state index contributed by atoms with van der Waals surface area (Å²) in [5.41, 5.74) is 2.46. The number of rotatable bonds is 1. The normalized spacial score (nSPS) is 11.7. The van der Waals surface area contributed by atoms with E-state index in [1.54, 1.807) is 11.0 Å². The highest BCUT2D eigenvalue weighted by Crippen LogP contribution is 2.22. The van der Waals surface area contributed by atoms with Crippen molar-refractivity contribution >= 4 is 0 Å². The molecule has 2 aromatic rings. The second-order valence-corrected chi connectivity index (χ2v) is 4.55. The lowest BCUT2D eigenvalue weighted by Gasteiger charge is -2.18. The van der Waals surface area contributed by atoms with Gasteiger partial charge in [-0.3, -0.25) is 0 Å². The summed E-state index contributed by atoms with van der Waals surface area (Å²) in [5.74, 6) is 0. The summed E-state index contributed by atoms with van der Waals surface area (Å²) in [6, 6.07) is 8.27. The zero-order chi connectivity index (χ0) is 10.9. The molecule has 0 aliphatic heterocycles. The average molecular weight is 202 g/mol. The van der Waals surface area contributed by atoms with Gasteiger partial charge < -0.3 is 0 Å². The van der Waals surface area contributed by atoms with Gasteiger partial charge in [-0.05, 0) is 33.5 Å². The molecule has 0 aliphatic rings. The van der Waals surface area contributed by atoms with Crippen LogP contribution in [0.15, 0.2) is 30.6 Å². The molecule has 0 unspecified atom stereocenters. The minimum atomic E-state index is 0.180. The standard InChI is InChI=1S/C11H14N4/c1-11(2,3)9-4-6-10(7-5-9)15-8-12-13-14-15/h4-8H,1-3H3. The van der Waals surface area contributed by atoms with Gasteiger partial charge in [-0.25, -0.2) is 4.68 Å². The fourth-order valence-corrected chi connectivity index (χ4v) is 1.39. The number of nitrogens with zero attached hydrogens (tertiary/aromatic N) is 4.